The number of imide groups is 1. The molecule has 1 aliphatic heterocycles. The Labute approximate surface area is 165 Å². The molecule has 5 heteroatoms. The molecule has 2 aromatic carbocycles. The molecule has 0 radical (unpaired) electrons. The number of rotatable bonds is 6. The first-order chi connectivity index (χ1) is 13.2. The van der Waals surface area contributed by atoms with Crippen molar-refractivity contribution in [1.82, 2.24) is 0 Å². The first-order valence-corrected chi connectivity index (χ1v) is 9.59. The molecule has 0 aliphatic carbocycles. The van der Waals surface area contributed by atoms with Crippen molar-refractivity contribution < 1.29 is 19.5 Å². The molecule has 5 nitrogen and oxygen atoms in total. The van der Waals surface area contributed by atoms with Crippen LogP contribution in [0.2, 0.25) is 0 Å². The third-order valence-electron chi connectivity index (χ3n) is 5.18. The molecule has 2 aromatic rings. The van der Waals surface area contributed by atoms with Crippen LogP contribution in [0.25, 0.3) is 0 Å². The SMILES string of the molecule is CC(C)c1cccc(C(C)C)c1N1C(=O)c2cccc(CCC(=O)O)c2C1=O. The van der Waals surface area contributed by atoms with E-state index in [9.17, 15) is 14.4 Å². The number of amides is 2. The molecule has 28 heavy (non-hydrogen) atoms. The number of para-hydroxylation sites is 1. The van der Waals surface area contributed by atoms with Gasteiger partial charge in [0.15, 0.2) is 0 Å². The van der Waals surface area contributed by atoms with Gasteiger partial charge in [0.2, 0.25) is 0 Å². The van der Waals surface area contributed by atoms with Gasteiger partial charge < -0.3 is 5.11 Å². The zero-order chi connectivity index (χ0) is 20.6. The van der Waals surface area contributed by atoms with Gasteiger partial charge in [0, 0.05) is 6.42 Å². The second-order valence-corrected chi connectivity index (χ2v) is 7.77. The molecule has 1 aliphatic rings. The summed E-state index contributed by atoms with van der Waals surface area (Å²) >= 11 is 0. The Morgan fingerprint density at radius 3 is 2.04 bits per heavy atom. The van der Waals surface area contributed by atoms with Gasteiger partial charge in [-0.2, -0.15) is 0 Å². The smallest absolute Gasteiger partial charge is 0.303 e. The van der Waals surface area contributed by atoms with Crippen molar-refractivity contribution in [3.63, 3.8) is 0 Å². The molecule has 0 fully saturated rings. The minimum absolute atomic E-state index is 0.0856. The third-order valence-corrected chi connectivity index (χ3v) is 5.18. The molecule has 0 saturated carbocycles. The Hall–Kier alpha value is -2.95. The fourth-order valence-corrected chi connectivity index (χ4v) is 3.78. The van der Waals surface area contributed by atoms with Gasteiger partial charge in [0.25, 0.3) is 11.8 Å². The van der Waals surface area contributed by atoms with Crippen LogP contribution in [0.15, 0.2) is 36.4 Å². The number of hydrogen-bond donors (Lipinski definition) is 1. The summed E-state index contributed by atoms with van der Waals surface area (Å²) in [5, 5.41) is 9.00. The number of anilines is 1. The average molecular weight is 379 g/mol. The second kappa shape index (κ2) is 7.58. The highest BCUT2D eigenvalue weighted by Gasteiger charge is 2.40. The van der Waals surface area contributed by atoms with Gasteiger partial charge in [0.1, 0.15) is 0 Å². The van der Waals surface area contributed by atoms with E-state index in [1.165, 1.54) is 4.90 Å². The predicted molar refractivity (Wildman–Crippen MR) is 108 cm³/mol. The van der Waals surface area contributed by atoms with Crippen molar-refractivity contribution in [3.05, 3.63) is 64.2 Å². The van der Waals surface area contributed by atoms with E-state index in [-0.39, 0.29) is 36.5 Å². The van der Waals surface area contributed by atoms with Crippen LogP contribution < -0.4 is 4.90 Å². The van der Waals surface area contributed by atoms with Crippen molar-refractivity contribution >= 4 is 23.5 Å². The summed E-state index contributed by atoms with van der Waals surface area (Å²) < 4.78 is 0. The molecule has 1 heterocycles. The molecule has 1 N–H and O–H groups in total. The summed E-state index contributed by atoms with van der Waals surface area (Å²) in [6.45, 7) is 8.16. The molecular formula is C23H25NO4. The van der Waals surface area contributed by atoms with E-state index in [4.69, 9.17) is 5.11 Å². The van der Waals surface area contributed by atoms with Gasteiger partial charge in [-0.3, -0.25) is 14.4 Å². The van der Waals surface area contributed by atoms with E-state index < -0.39 is 5.97 Å². The Morgan fingerprint density at radius 1 is 0.929 bits per heavy atom. The van der Waals surface area contributed by atoms with Crippen molar-refractivity contribution in [3.8, 4) is 0 Å². The van der Waals surface area contributed by atoms with Crippen LogP contribution in [0.3, 0.4) is 0 Å². The number of carbonyl (C=O) groups is 3. The maximum atomic E-state index is 13.4. The molecule has 146 valence electrons. The zero-order valence-corrected chi connectivity index (χ0v) is 16.7. The van der Waals surface area contributed by atoms with E-state index in [2.05, 4.69) is 0 Å². The summed E-state index contributed by atoms with van der Waals surface area (Å²) in [7, 11) is 0. The van der Waals surface area contributed by atoms with Crippen molar-refractivity contribution in [1.29, 1.82) is 0 Å². The number of nitrogens with zero attached hydrogens (tertiary/aromatic N) is 1. The summed E-state index contributed by atoms with van der Waals surface area (Å²) in [5.74, 6) is -1.35. The molecular weight excluding hydrogens is 354 g/mol. The number of carbonyl (C=O) groups excluding carboxylic acids is 2. The fraction of sp³-hybridized carbons (Fsp3) is 0.348. The maximum absolute atomic E-state index is 13.4. The molecule has 0 atom stereocenters. The number of carboxylic acid groups (broad SMARTS) is 1. The summed E-state index contributed by atoms with van der Waals surface area (Å²) in [6.07, 6.45) is 0.131. The van der Waals surface area contributed by atoms with Crippen LogP contribution in [-0.2, 0) is 11.2 Å². The van der Waals surface area contributed by atoms with Gasteiger partial charge in [-0.05, 0) is 41.0 Å². The number of carboxylic acids is 1. The fourth-order valence-electron chi connectivity index (χ4n) is 3.78. The van der Waals surface area contributed by atoms with E-state index >= 15 is 0 Å². The molecule has 3 rings (SSSR count). The largest absolute Gasteiger partial charge is 0.481 e. The van der Waals surface area contributed by atoms with Crippen LogP contribution >= 0.6 is 0 Å². The lowest BCUT2D eigenvalue weighted by atomic mass is 9.92. The second-order valence-electron chi connectivity index (χ2n) is 7.77. The normalized spacial score (nSPS) is 13.6. The number of benzene rings is 2. The lowest BCUT2D eigenvalue weighted by molar-refractivity contribution is -0.136. The first kappa shape index (κ1) is 19.8. The topological polar surface area (TPSA) is 74.7 Å². The summed E-state index contributed by atoms with van der Waals surface area (Å²) in [6, 6.07) is 11.0. The predicted octanol–water partition coefficient (Wildman–Crippen LogP) is 4.75. The van der Waals surface area contributed by atoms with E-state index in [0.717, 1.165) is 11.1 Å². The van der Waals surface area contributed by atoms with Gasteiger partial charge in [-0.15, -0.1) is 0 Å². The highest BCUT2D eigenvalue weighted by molar-refractivity contribution is 6.35. The standard InChI is InChI=1S/C23H25NO4/c1-13(2)16-8-6-9-17(14(3)4)21(16)24-22(27)18-10-5-7-15(11-12-19(25)26)20(18)23(24)28/h5-10,13-14H,11-12H2,1-4H3,(H,25,26). The first-order valence-electron chi connectivity index (χ1n) is 9.59. The van der Waals surface area contributed by atoms with E-state index in [0.29, 0.717) is 22.4 Å². The van der Waals surface area contributed by atoms with E-state index in [1.54, 1.807) is 18.2 Å². The number of fused-ring (bicyclic) bond motifs is 1. The Balaban J connectivity index is 2.16. The van der Waals surface area contributed by atoms with Crippen LogP contribution in [0.4, 0.5) is 5.69 Å². The van der Waals surface area contributed by atoms with Crippen LogP contribution in [-0.4, -0.2) is 22.9 Å². The Kier molecular flexibility index (Phi) is 5.36. The van der Waals surface area contributed by atoms with Gasteiger partial charge >= 0.3 is 5.97 Å². The minimum Gasteiger partial charge on any atom is -0.481 e. The van der Waals surface area contributed by atoms with Gasteiger partial charge in [-0.25, -0.2) is 4.90 Å². The monoisotopic (exact) mass is 379 g/mol. The highest BCUT2D eigenvalue weighted by atomic mass is 16.4. The average Bonchev–Trinajstić information content (AvgIpc) is 2.90. The lowest BCUT2D eigenvalue weighted by Gasteiger charge is -2.25. The maximum Gasteiger partial charge on any atom is 0.303 e. The number of aryl methyl sites for hydroxylation is 1. The number of aliphatic carboxylic acids is 1. The summed E-state index contributed by atoms with van der Waals surface area (Å²) in [4.78, 5) is 38.9. The Morgan fingerprint density at radius 2 is 1.50 bits per heavy atom. The van der Waals surface area contributed by atoms with Crippen LogP contribution in [0, 0.1) is 0 Å². The minimum atomic E-state index is -0.932. The van der Waals surface area contributed by atoms with Crippen LogP contribution in [0.5, 0.6) is 0 Å². The van der Waals surface area contributed by atoms with Crippen molar-refractivity contribution in [2.75, 3.05) is 4.90 Å². The third kappa shape index (κ3) is 3.33. The quantitative estimate of drug-likeness (QED) is 0.735. The zero-order valence-electron chi connectivity index (χ0n) is 16.7. The van der Waals surface area contributed by atoms with Gasteiger partial charge in [0.05, 0.1) is 16.8 Å². The molecule has 0 unspecified atom stereocenters. The van der Waals surface area contributed by atoms with Gasteiger partial charge in [-0.1, -0.05) is 58.0 Å². The highest BCUT2D eigenvalue weighted by Crippen LogP contribution is 2.40. The van der Waals surface area contributed by atoms with E-state index in [1.807, 2.05) is 45.9 Å². The molecule has 0 spiro atoms. The van der Waals surface area contributed by atoms with Crippen molar-refractivity contribution in [2.45, 2.75) is 52.4 Å². The van der Waals surface area contributed by atoms with Crippen LogP contribution in [0.1, 0.15) is 83.4 Å². The number of hydrogen-bond acceptors (Lipinski definition) is 3. The van der Waals surface area contributed by atoms with Crippen molar-refractivity contribution in [2.24, 2.45) is 0 Å². The molecule has 0 aromatic heterocycles. The Bertz CT molecular complexity index is 933. The molecule has 0 saturated heterocycles. The molecule has 2 amide bonds. The lowest BCUT2D eigenvalue weighted by Crippen LogP contribution is -2.32. The molecule has 0 bridgehead atoms. The summed E-state index contributed by atoms with van der Waals surface area (Å²) in [5.41, 5.74) is 3.86.